The van der Waals surface area contributed by atoms with Gasteiger partial charge in [-0.05, 0) is 67.1 Å². The lowest BCUT2D eigenvalue weighted by molar-refractivity contribution is 0.234. The zero-order chi connectivity index (χ0) is 18.9. The zero-order valence-electron chi connectivity index (χ0n) is 17.9. The van der Waals surface area contributed by atoms with Gasteiger partial charge in [0.25, 0.3) is 0 Å². The van der Waals surface area contributed by atoms with Crippen molar-refractivity contribution in [3.63, 3.8) is 0 Å². The first-order valence-corrected chi connectivity index (χ1v) is 11.9. The normalized spacial score (nSPS) is 28.8. The Labute approximate surface area is 168 Å². The average molecular weight is 371 g/mol. The predicted molar refractivity (Wildman–Crippen MR) is 116 cm³/mol. The van der Waals surface area contributed by atoms with E-state index in [4.69, 9.17) is 4.74 Å². The van der Waals surface area contributed by atoms with Gasteiger partial charge < -0.3 is 4.74 Å². The smallest absolute Gasteiger partial charge is 0.119 e. The van der Waals surface area contributed by atoms with Gasteiger partial charge in [-0.1, -0.05) is 83.8 Å². The van der Waals surface area contributed by atoms with Gasteiger partial charge >= 0.3 is 0 Å². The van der Waals surface area contributed by atoms with Crippen molar-refractivity contribution >= 4 is 0 Å². The highest BCUT2D eigenvalue weighted by atomic mass is 16.5. The SMILES string of the molecule is CCC1CCC(CCCOc2ccc(CCC3CCC(C)CC3)cc2)CC1. The first-order chi connectivity index (χ1) is 13.2. The maximum atomic E-state index is 6.00. The summed E-state index contributed by atoms with van der Waals surface area (Å²) in [5.41, 5.74) is 1.48. The van der Waals surface area contributed by atoms with E-state index >= 15 is 0 Å². The molecule has 1 heteroatoms. The standard InChI is InChI=1S/C26H42O/c1-3-22-10-12-23(13-11-22)5-4-20-27-26-18-16-25(17-19-26)15-14-24-8-6-21(2)7-9-24/h16-19,21-24H,3-15,20H2,1-2H3. The van der Waals surface area contributed by atoms with Crippen LogP contribution in [0.15, 0.2) is 24.3 Å². The molecule has 0 spiro atoms. The number of rotatable bonds is 9. The van der Waals surface area contributed by atoms with Crippen molar-refractivity contribution in [1.82, 2.24) is 0 Å². The molecule has 0 atom stereocenters. The lowest BCUT2D eigenvalue weighted by atomic mass is 9.79. The number of hydrogen-bond acceptors (Lipinski definition) is 1. The minimum absolute atomic E-state index is 0.882. The van der Waals surface area contributed by atoms with Gasteiger partial charge in [-0.2, -0.15) is 0 Å². The third-order valence-corrected chi connectivity index (χ3v) is 7.47. The Morgan fingerprint density at radius 1 is 0.778 bits per heavy atom. The molecule has 2 aliphatic carbocycles. The van der Waals surface area contributed by atoms with Crippen LogP contribution in [0.4, 0.5) is 0 Å². The van der Waals surface area contributed by atoms with Crippen LogP contribution in [0, 0.1) is 23.7 Å². The van der Waals surface area contributed by atoms with Gasteiger partial charge in [-0.25, -0.2) is 0 Å². The summed E-state index contributed by atoms with van der Waals surface area (Å²) in [5, 5.41) is 0. The Morgan fingerprint density at radius 3 is 2.04 bits per heavy atom. The largest absolute Gasteiger partial charge is 0.494 e. The molecule has 1 nitrogen and oxygen atoms in total. The molecule has 152 valence electrons. The summed E-state index contributed by atoms with van der Waals surface area (Å²) >= 11 is 0. The van der Waals surface area contributed by atoms with Gasteiger partial charge in [-0.15, -0.1) is 0 Å². The summed E-state index contributed by atoms with van der Waals surface area (Å²) in [5.74, 6) is 4.95. The van der Waals surface area contributed by atoms with Crippen LogP contribution < -0.4 is 4.74 Å². The zero-order valence-corrected chi connectivity index (χ0v) is 17.9. The molecule has 0 bridgehead atoms. The molecule has 0 amide bonds. The summed E-state index contributed by atoms with van der Waals surface area (Å²) in [4.78, 5) is 0. The first kappa shape index (κ1) is 20.7. The molecule has 2 fully saturated rings. The van der Waals surface area contributed by atoms with Crippen molar-refractivity contribution in [2.24, 2.45) is 23.7 Å². The van der Waals surface area contributed by atoms with Crippen molar-refractivity contribution < 1.29 is 4.74 Å². The maximum Gasteiger partial charge on any atom is 0.119 e. The molecule has 0 aromatic heterocycles. The maximum absolute atomic E-state index is 6.00. The molecule has 0 heterocycles. The summed E-state index contributed by atoms with van der Waals surface area (Å²) in [6.07, 6.45) is 18.2. The van der Waals surface area contributed by atoms with E-state index in [2.05, 4.69) is 38.1 Å². The minimum Gasteiger partial charge on any atom is -0.494 e. The van der Waals surface area contributed by atoms with Gasteiger partial charge in [0.15, 0.2) is 0 Å². The summed E-state index contributed by atoms with van der Waals surface area (Å²) in [6.45, 7) is 5.64. The molecule has 0 unspecified atom stereocenters. The molecule has 3 rings (SSSR count). The van der Waals surface area contributed by atoms with E-state index in [0.717, 1.165) is 36.0 Å². The third-order valence-electron chi connectivity index (χ3n) is 7.47. The van der Waals surface area contributed by atoms with Crippen LogP contribution in [-0.2, 0) is 6.42 Å². The lowest BCUT2D eigenvalue weighted by Gasteiger charge is -2.27. The molecule has 0 radical (unpaired) electrons. The van der Waals surface area contributed by atoms with Crippen LogP contribution in [0.2, 0.25) is 0 Å². The Hall–Kier alpha value is -0.980. The van der Waals surface area contributed by atoms with Gasteiger partial charge in [0.1, 0.15) is 5.75 Å². The van der Waals surface area contributed by atoms with Gasteiger partial charge in [0.2, 0.25) is 0 Å². The van der Waals surface area contributed by atoms with Gasteiger partial charge in [0, 0.05) is 0 Å². The average Bonchev–Trinajstić information content (AvgIpc) is 2.72. The third kappa shape index (κ3) is 7.16. The monoisotopic (exact) mass is 370 g/mol. The van der Waals surface area contributed by atoms with Crippen molar-refractivity contribution in [2.75, 3.05) is 6.61 Å². The van der Waals surface area contributed by atoms with E-state index in [1.807, 2.05) is 0 Å². The quantitative estimate of drug-likeness (QED) is 0.402. The van der Waals surface area contributed by atoms with Gasteiger partial charge in [-0.3, -0.25) is 0 Å². The number of aryl methyl sites for hydroxylation is 1. The summed E-state index contributed by atoms with van der Waals surface area (Å²) in [6, 6.07) is 8.94. The fourth-order valence-corrected chi connectivity index (χ4v) is 5.23. The molecule has 0 aliphatic heterocycles. The van der Waals surface area contributed by atoms with Crippen LogP contribution in [0.1, 0.15) is 96.5 Å². The van der Waals surface area contributed by atoms with Gasteiger partial charge in [0.05, 0.1) is 6.61 Å². The van der Waals surface area contributed by atoms with E-state index < -0.39 is 0 Å². The molecule has 2 saturated carbocycles. The fraction of sp³-hybridized carbons (Fsp3) is 0.769. The van der Waals surface area contributed by atoms with Crippen molar-refractivity contribution in [3.8, 4) is 5.75 Å². The second kappa shape index (κ2) is 11.1. The van der Waals surface area contributed by atoms with Crippen LogP contribution in [0.5, 0.6) is 5.75 Å². The highest BCUT2D eigenvalue weighted by Crippen LogP contribution is 2.33. The molecular weight excluding hydrogens is 328 g/mol. The summed E-state index contributed by atoms with van der Waals surface area (Å²) in [7, 11) is 0. The van der Waals surface area contributed by atoms with Crippen molar-refractivity contribution in [3.05, 3.63) is 29.8 Å². The van der Waals surface area contributed by atoms with E-state index in [1.54, 1.807) is 0 Å². The van der Waals surface area contributed by atoms with Crippen LogP contribution in [0.25, 0.3) is 0 Å². The number of ether oxygens (including phenoxy) is 1. The molecule has 2 aliphatic rings. The first-order valence-electron chi connectivity index (χ1n) is 11.9. The molecule has 0 saturated heterocycles. The van der Waals surface area contributed by atoms with E-state index in [0.29, 0.717) is 0 Å². The fourth-order valence-electron chi connectivity index (χ4n) is 5.23. The van der Waals surface area contributed by atoms with E-state index in [-0.39, 0.29) is 0 Å². The Morgan fingerprint density at radius 2 is 1.37 bits per heavy atom. The topological polar surface area (TPSA) is 9.23 Å². The number of hydrogen-bond donors (Lipinski definition) is 0. The number of benzene rings is 1. The minimum atomic E-state index is 0.882. The Kier molecular flexibility index (Phi) is 8.55. The molecule has 1 aromatic carbocycles. The molecular formula is C26H42O. The molecule has 0 N–H and O–H groups in total. The summed E-state index contributed by atoms with van der Waals surface area (Å²) < 4.78 is 6.00. The highest BCUT2D eigenvalue weighted by molar-refractivity contribution is 5.27. The predicted octanol–water partition coefficient (Wildman–Crippen LogP) is 7.82. The van der Waals surface area contributed by atoms with Crippen molar-refractivity contribution in [2.45, 2.75) is 97.3 Å². The van der Waals surface area contributed by atoms with Crippen LogP contribution >= 0.6 is 0 Å². The lowest BCUT2D eigenvalue weighted by Crippen LogP contribution is -2.14. The second-order valence-electron chi connectivity index (χ2n) is 9.59. The Balaban J connectivity index is 1.28. The second-order valence-corrected chi connectivity index (χ2v) is 9.59. The molecule has 27 heavy (non-hydrogen) atoms. The van der Waals surface area contributed by atoms with Crippen LogP contribution in [0.3, 0.4) is 0 Å². The Bertz CT molecular complexity index is 504. The van der Waals surface area contributed by atoms with E-state index in [9.17, 15) is 0 Å². The van der Waals surface area contributed by atoms with Crippen molar-refractivity contribution in [1.29, 1.82) is 0 Å². The van der Waals surface area contributed by atoms with E-state index in [1.165, 1.54) is 89.0 Å². The molecule has 1 aromatic rings. The highest BCUT2D eigenvalue weighted by Gasteiger charge is 2.19. The van der Waals surface area contributed by atoms with Crippen LogP contribution in [-0.4, -0.2) is 6.61 Å².